The van der Waals surface area contributed by atoms with E-state index in [1.165, 1.54) is 12.1 Å². The normalized spacial score (nSPS) is 15.2. The third kappa shape index (κ3) is 5.92. The molecule has 3 rings (SSSR count). The molecule has 1 fully saturated rings. The Morgan fingerprint density at radius 3 is 2.38 bits per heavy atom. The third-order valence-corrected chi connectivity index (χ3v) is 4.93. The maximum atomic E-state index is 10.8. The number of likely N-dealkylation sites (tertiary alicyclic amines) is 1. The van der Waals surface area contributed by atoms with Crippen LogP contribution in [0.25, 0.3) is 0 Å². The molecule has 2 N–H and O–H groups in total. The second kappa shape index (κ2) is 9.88. The van der Waals surface area contributed by atoms with E-state index in [1.54, 1.807) is 19.2 Å². The van der Waals surface area contributed by atoms with Gasteiger partial charge < -0.3 is 20.1 Å². The number of hydrogen-bond acceptors (Lipinski definition) is 5. The minimum Gasteiger partial charge on any atom is -0.497 e. The molecule has 0 radical (unpaired) electrons. The van der Waals surface area contributed by atoms with Crippen molar-refractivity contribution in [3.05, 3.63) is 69.8 Å². The number of aliphatic hydroxyl groups excluding tert-OH is 1. The Bertz CT molecular complexity index is 829. The van der Waals surface area contributed by atoms with Crippen molar-refractivity contribution >= 4 is 11.6 Å². The summed E-state index contributed by atoms with van der Waals surface area (Å²) in [6, 6.07) is 14.3. The topological polar surface area (TPSA) is 100 Å². The second-order valence-electron chi connectivity index (χ2n) is 6.98. The van der Waals surface area contributed by atoms with Crippen LogP contribution in [0.4, 0.5) is 5.69 Å². The van der Waals surface area contributed by atoms with Gasteiger partial charge in [0.15, 0.2) is 5.96 Å². The van der Waals surface area contributed by atoms with Crippen LogP contribution in [0.15, 0.2) is 53.5 Å². The lowest BCUT2D eigenvalue weighted by molar-refractivity contribution is -0.384. The summed E-state index contributed by atoms with van der Waals surface area (Å²) in [5, 5.41) is 24.0. The van der Waals surface area contributed by atoms with Crippen LogP contribution >= 0.6 is 0 Å². The summed E-state index contributed by atoms with van der Waals surface area (Å²) in [4.78, 5) is 17.3. The van der Waals surface area contributed by atoms with E-state index in [2.05, 4.69) is 10.2 Å². The molecule has 0 amide bonds. The average Bonchev–Trinajstić information content (AvgIpc) is 2.75. The van der Waals surface area contributed by atoms with E-state index < -0.39 is 4.92 Å². The number of nitro benzene ring substituents is 1. The molecular formula is C21H26N4O4. The molecule has 0 aliphatic carbocycles. The number of methoxy groups -OCH3 is 1. The van der Waals surface area contributed by atoms with Crippen molar-refractivity contribution in [2.75, 3.05) is 20.2 Å². The average molecular weight is 398 g/mol. The number of aliphatic hydroxyl groups is 1. The largest absolute Gasteiger partial charge is 0.497 e. The van der Waals surface area contributed by atoms with Crippen molar-refractivity contribution in [1.82, 2.24) is 10.2 Å². The van der Waals surface area contributed by atoms with Gasteiger partial charge in [-0.25, -0.2) is 4.99 Å². The Hall–Kier alpha value is -3.13. The molecule has 1 saturated heterocycles. The fourth-order valence-electron chi connectivity index (χ4n) is 3.16. The summed E-state index contributed by atoms with van der Waals surface area (Å²) in [7, 11) is 1.64. The quantitative estimate of drug-likeness (QED) is 0.336. The van der Waals surface area contributed by atoms with Gasteiger partial charge >= 0.3 is 0 Å². The van der Waals surface area contributed by atoms with Gasteiger partial charge in [0.1, 0.15) is 5.75 Å². The Balaban J connectivity index is 1.68. The number of nitrogens with zero attached hydrogens (tertiary/aromatic N) is 3. The number of benzene rings is 2. The molecule has 0 atom stereocenters. The van der Waals surface area contributed by atoms with Crippen molar-refractivity contribution in [3.8, 4) is 5.75 Å². The first-order valence-electron chi connectivity index (χ1n) is 9.63. The van der Waals surface area contributed by atoms with E-state index in [-0.39, 0.29) is 11.8 Å². The minimum absolute atomic E-state index is 0.0761. The van der Waals surface area contributed by atoms with Gasteiger partial charge in [0.05, 0.1) is 24.7 Å². The first kappa shape index (κ1) is 20.6. The number of ether oxygens (including phenoxy) is 1. The first-order valence-corrected chi connectivity index (χ1v) is 9.63. The zero-order chi connectivity index (χ0) is 20.6. The maximum Gasteiger partial charge on any atom is 0.269 e. The van der Waals surface area contributed by atoms with Crippen molar-refractivity contribution in [3.63, 3.8) is 0 Å². The van der Waals surface area contributed by atoms with Crippen LogP contribution in [0.1, 0.15) is 24.0 Å². The summed E-state index contributed by atoms with van der Waals surface area (Å²) in [5.41, 5.74) is 2.08. The van der Waals surface area contributed by atoms with Crippen LogP contribution in [0.2, 0.25) is 0 Å². The van der Waals surface area contributed by atoms with Crippen LogP contribution in [0.5, 0.6) is 5.75 Å². The highest BCUT2D eigenvalue weighted by Crippen LogP contribution is 2.15. The highest BCUT2D eigenvalue weighted by molar-refractivity contribution is 5.80. The zero-order valence-electron chi connectivity index (χ0n) is 16.5. The summed E-state index contributed by atoms with van der Waals surface area (Å²) in [5.74, 6) is 1.57. The fraction of sp³-hybridized carbons (Fsp3) is 0.381. The molecule has 1 heterocycles. The van der Waals surface area contributed by atoms with E-state index in [1.807, 2.05) is 24.3 Å². The van der Waals surface area contributed by atoms with Crippen molar-refractivity contribution in [2.24, 2.45) is 4.99 Å². The monoisotopic (exact) mass is 398 g/mol. The molecule has 0 bridgehead atoms. The standard InChI is InChI=1S/C21H26N4O4/c1-29-20-8-4-17(5-9-20)15-23-21(24-12-10-19(26)11-13-24)22-14-16-2-6-18(7-3-16)25(27)28/h2-9,19,26H,10-15H2,1H3,(H,22,23). The number of non-ortho nitro benzene ring substituents is 1. The molecule has 29 heavy (non-hydrogen) atoms. The molecule has 0 unspecified atom stereocenters. The lowest BCUT2D eigenvalue weighted by atomic mass is 10.1. The highest BCUT2D eigenvalue weighted by Gasteiger charge is 2.20. The van der Waals surface area contributed by atoms with Crippen molar-refractivity contribution < 1.29 is 14.8 Å². The van der Waals surface area contributed by atoms with Gasteiger partial charge in [0.25, 0.3) is 5.69 Å². The lowest BCUT2D eigenvalue weighted by Crippen LogP contribution is -2.46. The highest BCUT2D eigenvalue weighted by atomic mass is 16.6. The minimum atomic E-state index is -0.405. The molecule has 0 spiro atoms. The molecule has 2 aromatic rings. The van der Waals surface area contributed by atoms with Gasteiger partial charge in [-0.1, -0.05) is 24.3 Å². The summed E-state index contributed by atoms with van der Waals surface area (Å²) < 4.78 is 5.19. The smallest absolute Gasteiger partial charge is 0.269 e. The van der Waals surface area contributed by atoms with E-state index in [0.717, 1.165) is 35.9 Å². The van der Waals surface area contributed by atoms with Gasteiger partial charge in [-0.2, -0.15) is 0 Å². The van der Waals surface area contributed by atoms with Gasteiger partial charge in [0, 0.05) is 31.8 Å². The number of nitro groups is 1. The summed E-state index contributed by atoms with van der Waals surface area (Å²) >= 11 is 0. The Morgan fingerprint density at radius 1 is 1.17 bits per heavy atom. The molecule has 1 aliphatic rings. The summed E-state index contributed by atoms with van der Waals surface area (Å²) in [6.45, 7) is 2.50. The molecule has 1 aliphatic heterocycles. The maximum absolute atomic E-state index is 10.8. The van der Waals surface area contributed by atoms with Gasteiger partial charge in [-0.15, -0.1) is 0 Å². The van der Waals surface area contributed by atoms with Crippen LogP contribution in [0.3, 0.4) is 0 Å². The van der Waals surface area contributed by atoms with Gasteiger partial charge in [-0.3, -0.25) is 10.1 Å². The van der Waals surface area contributed by atoms with E-state index in [9.17, 15) is 15.2 Å². The number of guanidine groups is 1. The molecular weight excluding hydrogens is 372 g/mol. The zero-order valence-corrected chi connectivity index (χ0v) is 16.5. The van der Waals surface area contributed by atoms with Gasteiger partial charge in [0.2, 0.25) is 0 Å². The van der Waals surface area contributed by atoms with Crippen LogP contribution in [0, 0.1) is 10.1 Å². The fourth-order valence-corrected chi connectivity index (χ4v) is 3.16. The van der Waals surface area contributed by atoms with E-state index in [0.29, 0.717) is 25.9 Å². The van der Waals surface area contributed by atoms with Crippen LogP contribution < -0.4 is 10.1 Å². The van der Waals surface area contributed by atoms with E-state index in [4.69, 9.17) is 9.73 Å². The third-order valence-electron chi connectivity index (χ3n) is 4.93. The van der Waals surface area contributed by atoms with Crippen molar-refractivity contribution in [2.45, 2.75) is 32.0 Å². The Labute approximate surface area is 170 Å². The molecule has 2 aromatic carbocycles. The number of aliphatic imine (C=N–C) groups is 1. The van der Waals surface area contributed by atoms with E-state index >= 15 is 0 Å². The molecule has 0 aromatic heterocycles. The number of rotatable bonds is 6. The predicted octanol–water partition coefficient (Wildman–Crippen LogP) is 2.71. The van der Waals surface area contributed by atoms with Crippen LogP contribution in [-0.4, -0.2) is 47.2 Å². The molecule has 8 heteroatoms. The van der Waals surface area contributed by atoms with Crippen molar-refractivity contribution in [1.29, 1.82) is 0 Å². The predicted molar refractivity (Wildman–Crippen MR) is 111 cm³/mol. The Morgan fingerprint density at radius 2 is 1.79 bits per heavy atom. The Kier molecular flexibility index (Phi) is 7.02. The van der Waals surface area contributed by atoms with Crippen LogP contribution in [-0.2, 0) is 13.1 Å². The SMILES string of the molecule is COc1ccc(CN=C(NCc2ccc([N+](=O)[O-])cc2)N2CCC(O)CC2)cc1. The first-order chi connectivity index (χ1) is 14.0. The van der Waals surface area contributed by atoms with Gasteiger partial charge in [-0.05, 0) is 36.1 Å². The number of hydrogen-bond donors (Lipinski definition) is 2. The number of piperidine rings is 1. The number of nitrogens with one attached hydrogen (secondary N) is 1. The second-order valence-corrected chi connectivity index (χ2v) is 6.98. The summed E-state index contributed by atoms with van der Waals surface area (Å²) in [6.07, 6.45) is 1.16. The molecule has 8 nitrogen and oxygen atoms in total. The molecule has 154 valence electrons. The molecule has 0 saturated carbocycles. The lowest BCUT2D eigenvalue weighted by Gasteiger charge is -2.32.